The van der Waals surface area contributed by atoms with Crippen LogP contribution in [0.2, 0.25) is 0 Å². The molecule has 4 aromatic rings. The standard InChI is InChI=1S/C16H13N7O2S/c17-15-13(7-19-9-21-15)12-4-5-20-16-14(12)8-22-23(16)10-2-1-3-11(6-10)26(18,24)25/h1-9H,(H2,17,19,21)(H2,18,24,25). The number of rotatable bonds is 3. The maximum absolute atomic E-state index is 11.6. The first-order valence-corrected chi connectivity index (χ1v) is 9.01. The summed E-state index contributed by atoms with van der Waals surface area (Å²) >= 11 is 0. The van der Waals surface area contributed by atoms with E-state index >= 15 is 0 Å². The molecule has 0 radical (unpaired) electrons. The van der Waals surface area contributed by atoms with Gasteiger partial charge in [0.15, 0.2) is 5.65 Å². The molecule has 4 rings (SSSR count). The van der Waals surface area contributed by atoms with Crippen LogP contribution < -0.4 is 10.9 Å². The van der Waals surface area contributed by atoms with Gasteiger partial charge in [-0.2, -0.15) is 5.10 Å². The number of aromatic nitrogens is 5. The summed E-state index contributed by atoms with van der Waals surface area (Å²) < 4.78 is 24.7. The number of anilines is 1. The molecule has 0 amide bonds. The van der Waals surface area contributed by atoms with Crippen LogP contribution in [-0.4, -0.2) is 33.2 Å². The number of nitrogen functional groups attached to an aromatic ring is 1. The molecule has 0 atom stereocenters. The fourth-order valence-electron chi connectivity index (χ4n) is 2.69. The fraction of sp³-hybridized carbons (Fsp3) is 0. The zero-order valence-electron chi connectivity index (χ0n) is 13.3. The molecule has 1 aromatic carbocycles. The van der Waals surface area contributed by atoms with Gasteiger partial charge in [0.25, 0.3) is 0 Å². The summed E-state index contributed by atoms with van der Waals surface area (Å²) in [5.41, 5.74) is 8.46. The molecular weight excluding hydrogens is 354 g/mol. The van der Waals surface area contributed by atoms with Crippen molar-refractivity contribution >= 4 is 26.9 Å². The Bertz CT molecular complexity index is 1230. The van der Waals surface area contributed by atoms with Crippen LogP contribution >= 0.6 is 0 Å². The zero-order valence-corrected chi connectivity index (χ0v) is 14.1. The van der Waals surface area contributed by atoms with Crippen LogP contribution in [0.15, 0.2) is 60.1 Å². The predicted octanol–water partition coefficient (Wildman–Crippen LogP) is 1.11. The number of primary sulfonamides is 1. The van der Waals surface area contributed by atoms with E-state index in [9.17, 15) is 8.42 Å². The van der Waals surface area contributed by atoms with Gasteiger partial charge in [-0.1, -0.05) is 6.07 Å². The molecule has 3 aromatic heterocycles. The highest BCUT2D eigenvalue weighted by molar-refractivity contribution is 7.89. The van der Waals surface area contributed by atoms with Gasteiger partial charge >= 0.3 is 0 Å². The Balaban J connectivity index is 1.93. The van der Waals surface area contributed by atoms with Crippen molar-refractivity contribution in [2.24, 2.45) is 5.14 Å². The van der Waals surface area contributed by atoms with Gasteiger partial charge in [0.2, 0.25) is 10.0 Å². The van der Waals surface area contributed by atoms with E-state index in [2.05, 4.69) is 20.1 Å². The van der Waals surface area contributed by atoms with Crippen molar-refractivity contribution < 1.29 is 8.42 Å². The number of nitrogens with two attached hydrogens (primary N) is 2. The molecule has 130 valence electrons. The average Bonchev–Trinajstić information content (AvgIpc) is 3.06. The molecule has 0 aliphatic heterocycles. The number of hydrogen-bond donors (Lipinski definition) is 2. The van der Waals surface area contributed by atoms with E-state index in [-0.39, 0.29) is 4.90 Å². The van der Waals surface area contributed by atoms with Crippen LogP contribution in [0.4, 0.5) is 5.82 Å². The number of nitrogens with zero attached hydrogens (tertiary/aromatic N) is 5. The van der Waals surface area contributed by atoms with Crippen LogP contribution in [0.5, 0.6) is 0 Å². The van der Waals surface area contributed by atoms with Gasteiger partial charge in [0.1, 0.15) is 12.1 Å². The van der Waals surface area contributed by atoms with Crippen molar-refractivity contribution in [3.8, 4) is 16.8 Å². The fourth-order valence-corrected chi connectivity index (χ4v) is 3.24. The first-order valence-electron chi connectivity index (χ1n) is 7.47. The second-order valence-electron chi connectivity index (χ2n) is 5.52. The molecule has 9 nitrogen and oxygen atoms in total. The first kappa shape index (κ1) is 16.1. The summed E-state index contributed by atoms with van der Waals surface area (Å²) in [6, 6.07) is 7.97. The maximum Gasteiger partial charge on any atom is 0.238 e. The summed E-state index contributed by atoms with van der Waals surface area (Å²) in [6.45, 7) is 0. The van der Waals surface area contributed by atoms with Gasteiger partial charge in [-0.05, 0) is 24.3 Å². The highest BCUT2D eigenvalue weighted by atomic mass is 32.2. The molecule has 0 fully saturated rings. The number of benzene rings is 1. The Morgan fingerprint density at radius 1 is 1.04 bits per heavy atom. The van der Waals surface area contributed by atoms with Crippen molar-refractivity contribution in [1.82, 2.24) is 24.7 Å². The molecular formula is C16H13N7O2S. The van der Waals surface area contributed by atoms with Crippen molar-refractivity contribution in [2.45, 2.75) is 4.90 Å². The van der Waals surface area contributed by atoms with Crippen LogP contribution in [0, 0.1) is 0 Å². The summed E-state index contributed by atoms with van der Waals surface area (Å²) in [4.78, 5) is 12.4. The summed E-state index contributed by atoms with van der Waals surface area (Å²) in [5, 5.41) is 10.3. The largest absolute Gasteiger partial charge is 0.383 e. The van der Waals surface area contributed by atoms with E-state index in [0.29, 0.717) is 22.7 Å². The molecule has 0 aliphatic carbocycles. The number of fused-ring (bicyclic) bond motifs is 1. The molecule has 10 heteroatoms. The van der Waals surface area contributed by atoms with Crippen molar-refractivity contribution in [1.29, 1.82) is 0 Å². The van der Waals surface area contributed by atoms with Crippen molar-refractivity contribution in [3.63, 3.8) is 0 Å². The smallest absolute Gasteiger partial charge is 0.238 e. The van der Waals surface area contributed by atoms with E-state index in [1.807, 2.05) is 0 Å². The zero-order chi connectivity index (χ0) is 18.3. The van der Waals surface area contributed by atoms with Gasteiger partial charge in [-0.25, -0.2) is 33.2 Å². The molecule has 4 N–H and O–H groups in total. The normalized spacial score (nSPS) is 11.7. The van der Waals surface area contributed by atoms with E-state index in [1.54, 1.807) is 36.8 Å². The second-order valence-corrected chi connectivity index (χ2v) is 7.08. The third-order valence-corrected chi connectivity index (χ3v) is 4.81. The van der Waals surface area contributed by atoms with Crippen molar-refractivity contribution in [3.05, 3.63) is 55.2 Å². The second kappa shape index (κ2) is 5.86. The molecule has 26 heavy (non-hydrogen) atoms. The molecule has 0 bridgehead atoms. The van der Waals surface area contributed by atoms with E-state index < -0.39 is 10.0 Å². The SMILES string of the molecule is Nc1ncncc1-c1ccnc2c1cnn2-c1cccc(S(N)(=O)=O)c1. The molecule has 0 saturated heterocycles. The Kier molecular flexibility index (Phi) is 3.63. The van der Waals surface area contributed by atoms with Crippen molar-refractivity contribution in [2.75, 3.05) is 5.73 Å². The van der Waals surface area contributed by atoms with Gasteiger partial charge in [-0.15, -0.1) is 0 Å². The lowest BCUT2D eigenvalue weighted by molar-refractivity contribution is 0.597. The van der Waals surface area contributed by atoms with E-state index in [1.165, 1.54) is 23.1 Å². The molecule has 0 saturated carbocycles. The number of sulfonamides is 1. The van der Waals surface area contributed by atoms with Gasteiger partial charge in [0, 0.05) is 28.9 Å². The number of hydrogen-bond acceptors (Lipinski definition) is 7. The Hall–Kier alpha value is -3.37. The highest BCUT2D eigenvalue weighted by Crippen LogP contribution is 2.30. The van der Waals surface area contributed by atoms with Crippen LogP contribution in [0.1, 0.15) is 0 Å². The lowest BCUT2D eigenvalue weighted by atomic mass is 10.1. The van der Waals surface area contributed by atoms with Gasteiger partial charge in [-0.3, -0.25) is 0 Å². The van der Waals surface area contributed by atoms with Crippen LogP contribution in [0.3, 0.4) is 0 Å². The maximum atomic E-state index is 11.6. The number of pyridine rings is 1. The molecule has 0 unspecified atom stereocenters. The predicted molar refractivity (Wildman–Crippen MR) is 95.7 cm³/mol. The van der Waals surface area contributed by atoms with E-state index in [4.69, 9.17) is 10.9 Å². The summed E-state index contributed by atoms with van der Waals surface area (Å²) in [7, 11) is -3.82. The molecule has 0 spiro atoms. The van der Waals surface area contributed by atoms with Crippen LogP contribution in [-0.2, 0) is 10.0 Å². The van der Waals surface area contributed by atoms with Crippen LogP contribution in [0.25, 0.3) is 27.8 Å². The van der Waals surface area contributed by atoms with E-state index in [0.717, 1.165) is 10.9 Å². The summed E-state index contributed by atoms with van der Waals surface area (Å²) in [5.74, 6) is 0.344. The quantitative estimate of drug-likeness (QED) is 0.552. The lowest BCUT2D eigenvalue weighted by Gasteiger charge is -2.07. The Labute approximate surface area is 148 Å². The first-order chi connectivity index (χ1) is 12.4. The topological polar surface area (TPSA) is 143 Å². The lowest BCUT2D eigenvalue weighted by Crippen LogP contribution is -2.12. The monoisotopic (exact) mass is 367 g/mol. The Morgan fingerprint density at radius 3 is 2.65 bits per heavy atom. The van der Waals surface area contributed by atoms with Gasteiger partial charge < -0.3 is 5.73 Å². The minimum absolute atomic E-state index is 0.00416. The third kappa shape index (κ3) is 2.66. The summed E-state index contributed by atoms with van der Waals surface area (Å²) in [6.07, 6.45) is 6.25. The molecule has 0 aliphatic rings. The Morgan fingerprint density at radius 2 is 1.88 bits per heavy atom. The minimum Gasteiger partial charge on any atom is -0.383 e. The third-order valence-electron chi connectivity index (χ3n) is 3.90. The van der Waals surface area contributed by atoms with Gasteiger partial charge in [0.05, 0.1) is 16.8 Å². The highest BCUT2D eigenvalue weighted by Gasteiger charge is 2.15. The minimum atomic E-state index is -3.82. The average molecular weight is 367 g/mol. The molecule has 3 heterocycles.